The Morgan fingerprint density at radius 1 is 1.56 bits per heavy atom. The molecule has 1 aliphatic heterocycles. The number of carbonyl (C=O) groups excluding carboxylic acids is 1. The van der Waals surface area contributed by atoms with Gasteiger partial charge in [0.15, 0.2) is 6.29 Å². The number of carbonyl (C=O) groups is 1. The van der Waals surface area contributed by atoms with Crippen LogP contribution in [0.15, 0.2) is 18.2 Å². The Bertz CT molecular complexity index is 417. The first kappa shape index (κ1) is 11.1. The van der Waals surface area contributed by atoms with E-state index in [1.54, 1.807) is 17.9 Å². The molecule has 0 spiro atoms. The van der Waals surface area contributed by atoms with Gasteiger partial charge >= 0.3 is 0 Å². The van der Waals surface area contributed by atoms with Gasteiger partial charge < -0.3 is 10.0 Å². The maximum atomic E-state index is 13.7. The van der Waals surface area contributed by atoms with E-state index in [2.05, 4.69) is 0 Å². The van der Waals surface area contributed by atoms with Crippen LogP contribution < -0.4 is 4.90 Å². The molecule has 1 saturated heterocycles. The first-order chi connectivity index (χ1) is 7.53. The molecule has 1 atom stereocenters. The SMILES string of the molecule is CC1(O)CCN(c2c(F)cccc2C=O)C1. The number of β-amino-alcohol motifs (C(OH)–C–C–N with tert-alkyl or cyclic N) is 1. The number of para-hydroxylation sites is 1. The summed E-state index contributed by atoms with van der Waals surface area (Å²) in [4.78, 5) is 12.6. The minimum absolute atomic E-state index is 0.301. The molecule has 1 N–H and O–H groups in total. The molecule has 0 saturated carbocycles. The van der Waals surface area contributed by atoms with Crippen LogP contribution in [0, 0.1) is 5.82 Å². The monoisotopic (exact) mass is 223 g/mol. The van der Waals surface area contributed by atoms with E-state index in [9.17, 15) is 14.3 Å². The molecule has 1 heterocycles. The van der Waals surface area contributed by atoms with Crippen LogP contribution in [0.2, 0.25) is 0 Å². The third-order valence-electron chi connectivity index (χ3n) is 2.91. The van der Waals surface area contributed by atoms with E-state index in [-0.39, 0.29) is 0 Å². The van der Waals surface area contributed by atoms with Gasteiger partial charge in [-0.25, -0.2) is 4.39 Å². The number of benzene rings is 1. The zero-order valence-electron chi connectivity index (χ0n) is 9.11. The van der Waals surface area contributed by atoms with Crippen molar-refractivity contribution in [2.24, 2.45) is 0 Å². The Hall–Kier alpha value is -1.42. The molecule has 1 unspecified atom stereocenters. The predicted molar refractivity (Wildman–Crippen MR) is 59.2 cm³/mol. The number of aliphatic hydroxyl groups is 1. The highest BCUT2D eigenvalue weighted by Crippen LogP contribution is 2.30. The standard InChI is InChI=1S/C12H14FNO2/c1-12(16)5-6-14(8-12)11-9(7-15)3-2-4-10(11)13/h2-4,7,16H,5-6,8H2,1H3. The van der Waals surface area contributed by atoms with Gasteiger partial charge in [-0.3, -0.25) is 4.79 Å². The lowest BCUT2D eigenvalue weighted by atomic mass is 10.1. The average Bonchev–Trinajstić information content (AvgIpc) is 2.58. The highest BCUT2D eigenvalue weighted by molar-refractivity contribution is 5.85. The Morgan fingerprint density at radius 3 is 2.88 bits per heavy atom. The Labute approximate surface area is 93.5 Å². The zero-order valence-corrected chi connectivity index (χ0v) is 9.11. The molecule has 86 valence electrons. The first-order valence-electron chi connectivity index (χ1n) is 5.24. The van der Waals surface area contributed by atoms with Crippen LogP contribution in [-0.2, 0) is 0 Å². The van der Waals surface area contributed by atoms with Crippen molar-refractivity contribution in [3.8, 4) is 0 Å². The topological polar surface area (TPSA) is 40.5 Å². The van der Waals surface area contributed by atoms with E-state index in [4.69, 9.17) is 0 Å². The van der Waals surface area contributed by atoms with Crippen molar-refractivity contribution in [3.05, 3.63) is 29.6 Å². The molecular weight excluding hydrogens is 209 g/mol. The minimum Gasteiger partial charge on any atom is -0.388 e. The van der Waals surface area contributed by atoms with Crippen LogP contribution in [0.4, 0.5) is 10.1 Å². The van der Waals surface area contributed by atoms with Gasteiger partial charge in [0, 0.05) is 18.7 Å². The Kier molecular flexibility index (Phi) is 2.68. The summed E-state index contributed by atoms with van der Waals surface area (Å²) in [6.45, 7) is 2.64. The van der Waals surface area contributed by atoms with Gasteiger partial charge in [0.05, 0.1) is 11.3 Å². The highest BCUT2D eigenvalue weighted by Gasteiger charge is 2.33. The van der Waals surface area contributed by atoms with E-state index in [1.807, 2.05) is 0 Å². The smallest absolute Gasteiger partial charge is 0.152 e. The Morgan fingerprint density at radius 2 is 2.31 bits per heavy atom. The molecule has 2 rings (SSSR count). The van der Waals surface area contributed by atoms with Gasteiger partial charge in [0.1, 0.15) is 5.82 Å². The van der Waals surface area contributed by atoms with Crippen molar-refractivity contribution in [2.75, 3.05) is 18.0 Å². The van der Waals surface area contributed by atoms with E-state index in [1.165, 1.54) is 12.1 Å². The molecule has 1 aromatic rings. The third-order valence-corrected chi connectivity index (χ3v) is 2.91. The number of halogens is 1. The summed E-state index contributed by atoms with van der Waals surface area (Å²) >= 11 is 0. The molecular formula is C12H14FNO2. The van der Waals surface area contributed by atoms with E-state index in [0.717, 1.165) is 0 Å². The highest BCUT2D eigenvalue weighted by atomic mass is 19.1. The normalized spacial score (nSPS) is 24.8. The molecule has 16 heavy (non-hydrogen) atoms. The van der Waals surface area contributed by atoms with Gasteiger partial charge in [0.2, 0.25) is 0 Å². The summed E-state index contributed by atoms with van der Waals surface area (Å²) in [6, 6.07) is 4.42. The number of aldehydes is 1. The summed E-state index contributed by atoms with van der Waals surface area (Å²) in [5.41, 5.74) is -0.171. The molecule has 0 aromatic heterocycles. The van der Waals surface area contributed by atoms with Crippen LogP contribution >= 0.6 is 0 Å². The van der Waals surface area contributed by atoms with Crippen molar-refractivity contribution in [2.45, 2.75) is 18.9 Å². The van der Waals surface area contributed by atoms with Crippen molar-refractivity contribution in [1.29, 1.82) is 0 Å². The summed E-state index contributed by atoms with van der Waals surface area (Å²) in [5, 5.41) is 9.83. The quantitative estimate of drug-likeness (QED) is 0.774. The second-order valence-electron chi connectivity index (χ2n) is 4.46. The molecule has 1 fully saturated rings. The summed E-state index contributed by atoms with van der Waals surface area (Å²) < 4.78 is 13.7. The third kappa shape index (κ3) is 1.93. The number of hydrogen-bond acceptors (Lipinski definition) is 3. The molecule has 1 aliphatic rings. The van der Waals surface area contributed by atoms with Gasteiger partial charge in [-0.05, 0) is 25.5 Å². The maximum Gasteiger partial charge on any atom is 0.152 e. The second-order valence-corrected chi connectivity index (χ2v) is 4.46. The lowest BCUT2D eigenvalue weighted by molar-refractivity contribution is 0.0838. The first-order valence-corrected chi connectivity index (χ1v) is 5.24. The van der Waals surface area contributed by atoms with Gasteiger partial charge in [0.25, 0.3) is 0 Å². The molecule has 3 nitrogen and oxygen atoms in total. The predicted octanol–water partition coefficient (Wildman–Crippen LogP) is 1.60. The van der Waals surface area contributed by atoms with Crippen molar-refractivity contribution < 1.29 is 14.3 Å². The fourth-order valence-electron chi connectivity index (χ4n) is 2.10. The van der Waals surface area contributed by atoms with Gasteiger partial charge in [-0.1, -0.05) is 6.07 Å². The van der Waals surface area contributed by atoms with E-state index >= 15 is 0 Å². The largest absolute Gasteiger partial charge is 0.388 e. The molecule has 4 heteroatoms. The number of rotatable bonds is 2. The molecule has 0 bridgehead atoms. The van der Waals surface area contributed by atoms with Gasteiger partial charge in [-0.2, -0.15) is 0 Å². The molecule has 0 aliphatic carbocycles. The fraction of sp³-hybridized carbons (Fsp3) is 0.417. The van der Waals surface area contributed by atoms with Crippen LogP contribution in [0.25, 0.3) is 0 Å². The van der Waals surface area contributed by atoms with E-state index in [0.29, 0.717) is 37.0 Å². The lowest BCUT2D eigenvalue weighted by Crippen LogP contribution is -2.30. The average molecular weight is 223 g/mol. The van der Waals surface area contributed by atoms with Crippen molar-refractivity contribution >= 4 is 12.0 Å². The Balaban J connectivity index is 2.37. The number of nitrogens with zero attached hydrogens (tertiary/aromatic N) is 1. The zero-order chi connectivity index (χ0) is 11.8. The molecule has 0 amide bonds. The van der Waals surface area contributed by atoms with Crippen LogP contribution in [0.1, 0.15) is 23.7 Å². The van der Waals surface area contributed by atoms with Crippen LogP contribution in [-0.4, -0.2) is 30.1 Å². The maximum absolute atomic E-state index is 13.7. The summed E-state index contributed by atoms with van der Waals surface area (Å²) in [5.74, 6) is -0.415. The second kappa shape index (κ2) is 3.87. The molecule has 0 radical (unpaired) electrons. The molecule has 1 aromatic carbocycles. The van der Waals surface area contributed by atoms with Crippen molar-refractivity contribution in [1.82, 2.24) is 0 Å². The minimum atomic E-state index is -0.803. The number of anilines is 1. The number of hydrogen-bond donors (Lipinski definition) is 1. The lowest BCUT2D eigenvalue weighted by Gasteiger charge is -2.22. The summed E-state index contributed by atoms with van der Waals surface area (Å²) in [7, 11) is 0. The van der Waals surface area contributed by atoms with Crippen LogP contribution in [0.5, 0.6) is 0 Å². The summed E-state index contributed by atoms with van der Waals surface area (Å²) in [6.07, 6.45) is 1.23. The van der Waals surface area contributed by atoms with E-state index < -0.39 is 11.4 Å². The van der Waals surface area contributed by atoms with Crippen molar-refractivity contribution in [3.63, 3.8) is 0 Å². The van der Waals surface area contributed by atoms with Gasteiger partial charge in [-0.15, -0.1) is 0 Å². The van der Waals surface area contributed by atoms with Crippen LogP contribution in [0.3, 0.4) is 0 Å². The fourth-order valence-corrected chi connectivity index (χ4v) is 2.10.